The van der Waals surface area contributed by atoms with Crippen molar-refractivity contribution in [3.8, 4) is 23.6 Å². The molecule has 0 saturated carbocycles. The Morgan fingerprint density at radius 3 is 2.70 bits per heavy atom. The van der Waals surface area contributed by atoms with Crippen molar-refractivity contribution in [2.24, 2.45) is 0 Å². The summed E-state index contributed by atoms with van der Waals surface area (Å²) in [5.74, 6) is 3.93. The Morgan fingerprint density at radius 2 is 2.15 bits per heavy atom. The molecule has 0 radical (unpaired) electrons. The third-order valence-electron chi connectivity index (χ3n) is 3.23. The number of aromatic nitrogens is 2. The molecular formula is C16H18FN3. The molecule has 1 aromatic carbocycles. The van der Waals surface area contributed by atoms with Gasteiger partial charge in [0, 0.05) is 11.5 Å². The van der Waals surface area contributed by atoms with Gasteiger partial charge in [0.2, 0.25) is 0 Å². The Morgan fingerprint density at radius 1 is 1.45 bits per heavy atom. The zero-order valence-electron chi connectivity index (χ0n) is 11.9. The van der Waals surface area contributed by atoms with Gasteiger partial charge in [-0.25, -0.2) is 9.37 Å². The van der Waals surface area contributed by atoms with Gasteiger partial charge in [-0.3, -0.25) is 0 Å². The van der Waals surface area contributed by atoms with Crippen LogP contribution in [0.15, 0.2) is 18.2 Å². The Kier molecular flexibility index (Phi) is 3.80. The van der Waals surface area contributed by atoms with Crippen LogP contribution in [-0.2, 0) is 6.54 Å². The molecule has 104 valence electrons. The molecule has 0 saturated heterocycles. The predicted molar refractivity (Wildman–Crippen MR) is 79.7 cm³/mol. The maximum Gasteiger partial charge on any atom is 0.132 e. The topological polar surface area (TPSA) is 43.8 Å². The van der Waals surface area contributed by atoms with Crippen molar-refractivity contribution in [3.05, 3.63) is 35.4 Å². The van der Waals surface area contributed by atoms with E-state index in [1.807, 2.05) is 18.4 Å². The van der Waals surface area contributed by atoms with Crippen molar-refractivity contribution in [3.63, 3.8) is 0 Å². The largest absolute Gasteiger partial charge is 0.383 e. The zero-order chi connectivity index (χ0) is 14.9. The highest BCUT2D eigenvalue weighted by molar-refractivity contribution is 5.71. The number of imidazole rings is 1. The minimum absolute atomic E-state index is 0.209. The highest BCUT2D eigenvalue weighted by Gasteiger charge is 2.18. The van der Waals surface area contributed by atoms with E-state index in [2.05, 4.69) is 10.9 Å². The first-order valence-electron chi connectivity index (χ1n) is 6.51. The van der Waals surface area contributed by atoms with Gasteiger partial charge in [-0.1, -0.05) is 19.8 Å². The molecule has 0 amide bonds. The van der Waals surface area contributed by atoms with E-state index in [-0.39, 0.29) is 11.7 Å². The van der Waals surface area contributed by atoms with Crippen LogP contribution in [0.25, 0.3) is 11.3 Å². The Balaban J connectivity index is 2.60. The maximum absolute atomic E-state index is 13.4. The summed E-state index contributed by atoms with van der Waals surface area (Å²) in [4.78, 5) is 4.59. The van der Waals surface area contributed by atoms with Gasteiger partial charge < -0.3 is 10.3 Å². The number of terminal acetylenes is 1. The van der Waals surface area contributed by atoms with Crippen LogP contribution in [-0.4, -0.2) is 9.55 Å². The van der Waals surface area contributed by atoms with Crippen LogP contribution < -0.4 is 5.73 Å². The Bertz CT molecular complexity index is 678. The lowest BCUT2D eigenvalue weighted by atomic mass is 10.1. The fourth-order valence-electron chi connectivity index (χ4n) is 2.19. The first kappa shape index (κ1) is 14.1. The molecule has 1 aromatic heterocycles. The van der Waals surface area contributed by atoms with Crippen LogP contribution in [0.4, 0.5) is 10.2 Å². The number of hydrogen-bond acceptors (Lipinski definition) is 2. The molecule has 0 atom stereocenters. The van der Waals surface area contributed by atoms with Crippen LogP contribution in [0, 0.1) is 25.1 Å². The molecule has 2 N–H and O–H groups in total. The van der Waals surface area contributed by atoms with E-state index in [1.54, 1.807) is 19.1 Å². The van der Waals surface area contributed by atoms with Gasteiger partial charge in [-0.2, -0.15) is 0 Å². The lowest BCUT2D eigenvalue weighted by Crippen LogP contribution is -2.07. The summed E-state index contributed by atoms with van der Waals surface area (Å²) in [6, 6.07) is 4.86. The highest BCUT2D eigenvalue weighted by atomic mass is 19.1. The number of nitrogens with two attached hydrogens (primary N) is 1. The second kappa shape index (κ2) is 5.38. The Hall–Kier alpha value is -2.28. The maximum atomic E-state index is 13.4. The molecule has 20 heavy (non-hydrogen) atoms. The number of halogens is 1. The molecule has 0 aliphatic carbocycles. The van der Waals surface area contributed by atoms with Gasteiger partial charge in [-0.05, 0) is 30.7 Å². The molecular weight excluding hydrogens is 253 g/mol. The number of rotatable bonds is 3. The minimum Gasteiger partial charge on any atom is -0.383 e. The van der Waals surface area contributed by atoms with Crippen molar-refractivity contribution < 1.29 is 4.39 Å². The Labute approximate surface area is 118 Å². The lowest BCUT2D eigenvalue weighted by Gasteiger charge is -2.08. The normalized spacial score (nSPS) is 10.8. The van der Waals surface area contributed by atoms with Gasteiger partial charge in [0.1, 0.15) is 23.2 Å². The molecule has 0 bridgehead atoms. The van der Waals surface area contributed by atoms with Crippen molar-refractivity contribution in [2.75, 3.05) is 5.73 Å². The van der Waals surface area contributed by atoms with Gasteiger partial charge >= 0.3 is 0 Å². The molecule has 4 heteroatoms. The fraction of sp³-hybridized carbons (Fsp3) is 0.312. The second-order valence-corrected chi connectivity index (χ2v) is 5.11. The summed E-state index contributed by atoms with van der Waals surface area (Å²) in [6.45, 7) is 6.17. The summed E-state index contributed by atoms with van der Waals surface area (Å²) >= 11 is 0. The quantitative estimate of drug-likeness (QED) is 0.870. The summed E-state index contributed by atoms with van der Waals surface area (Å²) in [7, 11) is 0. The number of hydrogen-bond donors (Lipinski definition) is 1. The standard InChI is InChI=1S/C16H18FN3/c1-5-8-20-15(18)14(19-16(20)10(2)3)12-6-7-13(17)11(4)9-12/h1,6-7,9-10H,8,18H2,2-4H3. The number of anilines is 1. The third-order valence-corrected chi connectivity index (χ3v) is 3.23. The molecule has 0 aliphatic heterocycles. The van der Waals surface area contributed by atoms with E-state index in [0.717, 1.165) is 11.4 Å². The van der Waals surface area contributed by atoms with Crippen molar-refractivity contribution in [1.29, 1.82) is 0 Å². The van der Waals surface area contributed by atoms with Crippen LogP contribution in [0.1, 0.15) is 31.2 Å². The molecule has 1 heterocycles. The van der Waals surface area contributed by atoms with Gasteiger partial charge in [0.15, 0.2) is 0 Å². The first-order chi connectivity index (χ1) is 9.45. The average Bonchev–Trinajstić information content (AvgIpc) is 2.72. The van der Waals surface area contributed by atoms with E-state index < -0.39 is 0 Å². The number of nitrogens with zero attached hydrogens (tertiary/aromatic N) is 2. The second-order valence-electron chi connectivity index (χ2n) is 5.11. The number of nitrogen functional groups attached to an aromatic ring is 1. The molecule has 0 spiro atoms. The van der Waals surface area contributed by atoms with E-state index in [9.17, 15) is 4.39 Å². The van der Waals surface area contributed by atoms with Crippen LogP contribution in [0.3, 0.4) is 0 Å². The molecule has 0 unspecified atom stereocenters. The van der Waals surface area contributed by atoms with Gasteiger partial charge in [0.05, 0.1) is 6.54 Å². The molecule has 0 aliphatic rings. The SMILES string of the molecule is C#CCn1c(C(C)C)nc(-c2ccc(F)c(C)c2)c1N. The van der Waals surface area contributed by atoms with Crippen LogP contribution in [0.5, 0.6) is 0 Å². The average molecular weight is 271 g/mol. The van der Waals surface area contributed by atoms with Crippen molar-refractivity contribution >= 4 is 5.82 Å². The molecule has 2 aromatic rings. The first-order valence-corrected chi connectivity index (χ1v) is 6.51. The fourth-order valence-corrected chi connectivity index (χ4v) is 2.19. The number of benzene rings is 1. The lowest BCUT2D eigenvalue weighted by molar-refractivity contribution is 0.619. The molecule has 2 rings (SSSR count). The summed E-state index contributed by atoms with van der Waals surface area (Å²) in [5.41, 5.74) is 8.19. The highest BCUT2D eigenvalue weighted by Crippen LogP contribution is 2.30. The summed E-state index contributed by atoms with van der Waals surface area (Å²) in [6.07, 6.45) is 5.39. The van der Waals surface area contributed by atoms with Crippen LogP contribution in [0.2, 0.25) is 0 Å². The smallest absolute Gasteiger partial charge is 0.132 e. The van der Waals surface area contributed by atoms with E-state index in [1.165, 1.54) is 6.07 Å². The minimum atomic E-state index is -0.237. The van der Waals surface area contributed by atoms with E-state index in [4.69, 9.17) is 12.2 Å². The predicted octanol–water partition coefficient (Wildman–Crippen LogP) is 3.34. The van der Waals surface area contributed by atoms with Crippen molar-refractivity contribution in [2.45, 2.75) is 33.2 Å². The third kappa shape index (κ3) is 2.39. The summed E-state index contributed by atoms with van der Waals surface area (Å²) < 4.78 is 15.2. The van der Waals surface area contributed by atoms with E-state index >= 15 is 0 Å². The number of aryl methyl sites for hydroxylation is 1. The molecule has 0 fully saturated rings. The van der Waals surface area contributed by atoms with Crippen LogP contribution >= 0.6 is 0 Å². The van der Waals surface area contributed by atoms with Gasteiger partial charge in [0.25, 0.3) is 0 Å². The molecule has 3 nitrogen and oxygen atoms in total. The van der Waals surface area contributed by atoms with Crippen molar-refractivity contribution in [1.82, 2.24) is 9.55 Å². The zero-order valence-corrected chi connectivity index (χ0v) is 11.9. The van der Waals surface area contributed by atoms with Gasteiger partial charge in [-0.15, -0.1) is 6.42 Å². The monoisotopic (exact) mass is 271 g/mol. The van der Waals surface area contributed by atoms with E-state index in [0.29, 0.717) is 23.6 Å². The summed E-state index contributed by atoms with van der Waals surface area (Å²) in [5, 5.41) is 0.